The topological polar surface area (TPSA) is 92.7 Å². The molecule has 0 bridgehead atoms. The van der Waals surface area contributed by atoms with Crippen molar-refractivity contribution in [3.63, 3.8) is 0 Å². The first-order valence-corrected chi connectivity index (χ1v) is 6.35. The van der Waals surface area contributed by atoms with E-state index in [1.807, 2.05) is 0 Å². The Kier molecular flexibility index (Phi) is 6.43. The molecule has 8 heteroatoms. The van der Waals surface area contributed by atoms with Crippen LogP contribution in [0.3, 0.4) is 0 Å². The standard InChI is InChI=1S/C14H15F2NO5/c1-22-13(19)3-2-11(14(20)21)17-12(18)6-8-4-9(15)7-10(16)5-8/h4-5,7,11H,2-3,6H2,1H3,(H,17,18)(H,20,21)/t11-/m0/s1. The van der Waals surface area contributed by atoms with E-state index in [1.54, 1.807) is 0 Å². The van der Waals surface area contributed by atoms with E-state index in [0.29, 0.717) is 6.07 Å². The summed E-state index contributed by atoms with van der Waals surface area (Å²) < 4.78 is 30.4. The molecule has 0 aliphatic heterocycles. The molecular formula is C14H15F2NO5. The minimum absolute atomic E-state index is 0.0760. The second-order valence-electron chi connectivity index (χ2n) is 4.53. The lowest BCUT2D eigenvalue weighted by Crippen LogP contribution is -2.41. The van der Waals surface area contributed by atoms with Crippen molar-refractivity contribution in [1.82, 2.24) is 5.32 Å². The Morgan fingerprint density at radius 3 is 2.32 bits per heavy atom. The van der Waals surface area contributed by atoms with Crippen molar-refractivity contribution in [3.05, 3.63) is 35.4 Å². The summed E-state index contributed by atoms with van der Waals surface area (Å²) in [7, 11) is 1.16. The van der Waals surface area contributed by atoms with E-state index in [4.69, 9.17) is 5.11 Å². The average molecular weight is 315 g/mol. The predicted octanol–water partition coefficient (Wildman–Crippen LogP) is 1.03. The normalized spacial score (nSPS) is 11.6. The van der Waals surface area contributed by atoms with E-state index in [0.717, 1.165) is 19.2 Å². The number of carboxylic acid groups (broad SMARTS) is 1. The Morgan fingerprint density at radius 2 is 1.82 bits per heavy atom. The number of ether oxygens (including phenoxy) is 1. The van der Waals surface area contributed by atoms with Gasteiger partial charge in [0.25, 0.3) is 0 Å². The molecule has 1 rings (SSSR count). The van der Waals surface area contributed by atoms with E-state index in [2.05, 4.69) is 10.1 Å². The highest BCUT2D eigenvalue weighted by Crippen LogP contribution is 2.09. The van der Waals surface area contributed by atoms with Crippen LogP contribution in [-0.2, 0) is 25.5 Å². The highest BCUT2D eigenvalue weighted by atomic mass is 19.1. The molecule has 1 aromatic carbocycles. The molecule has 6 nitrogen and oxygen atoms in total. The summed E-state index contributed by atoms with van der Waals surface area (Å²) in [6.45, 7) is 0. The second-order valence-corrected chi connectivity index (χ2v) is 4.53. The molecular weight excluding hydrogens is 300 g/mol. The number of aliphatic carboxylic acids is 1. The van der Waals surface area contributed by atoms with Crippen LogP contribution in [0.15, 0.2) is 18.2 Å². The molecule has 0 saturated carbocycles. The van der Waals surface area contributed by atoms with Crippen LogP contribution >= 0.6 is 0 Å². The molecule has 120 valence electrons. The summed E-state index contributed by atoms with van der Waals surface area (Å²) in [6, 6.07) is 1.34. The Hall–Kier alpha value is -2.51. The summed E-state index contributed by atoms with van der Waals surface area (Å²) >= 11 is 0. The number of halogens is 2. The lowest BCUT2D eigenvalue weighted by Gasteiger charge is -2.14. The third kappa shape index (κ3) is 5.86. The van der Waals surface area contributed by atoms with E-state index in [-0.39, 0.29) is 24.8 Å². The maximum atomic E-state index is 13.0. The molecule has 0 aromatic heterocycles. The molecule has 0 heterocycles. The van der Waals surface area contributed by atoms with Crippen LogP contribution in [0.25, 0.3) is 0 Å². The van der Waals surface area contributed by atoms with Crippen LogP contribution in [0.4, 0.5) is 8.78 Å². The van der Waals surface area contributed by atoms with Gasteiger partial charge < -0.3 is 15.2 Å². The van der Waals surface area contributed by atoms with Gasteiger partial charge in [-0.3, -0.25) is 9.59 Å². The highest BCUT2D eigenvalue weighted by Gasteiger charge is 2.21. The van der Waals surface area contributed by atoms with E-state index >= 15 is 0 Å². The zero-order chi connectivity index (χ0) is 16.7. The number of nitrogens with one attached hydrogen (secondary N) is 1. The molecule has 0 unspecified atom stereocenters. The van der Waals surface area contributed by atoms with Gasteiger partial charge in [0.15, 0.2) is 0 Å². The molecule has 0 aliphatic rings. The van der Waals surface area contributed by atoms with Gasteiger partial charge in [-0.1, -0.05) is 0 Å². The number of carbonyl (C=O) groups excluding carboxylic acids is 2. The van der Waals surface area contributed by atoms with Gasteiger partial charge in [-0.15, -0.1) is 0 Å². The summed E-state index contributed by atoms with van der Waals surface area (Å²) in [4.78, 5) is 33.7. The first-order chi connectivity index (χ1) is 10.3. The Labute approximate surface area is 125 Å². The minimum atomic E-state index is -1.32. The van der Waals surface area contributed by atoms with Crippen molar-refractivity contribution >= 4 is 17.8 Å². The summed E-state index contributed by atoms with van der Waals surface area (Å²) in [6.07, 6.45) is -0.704. The summed E-state index contributed by atoms with van der Waals surface area (Å²) in [5.74, 6) is -4.30. The van der Waals surface area contributed by atoms with Crippen molar-refractivity contribution in [1.29, 1.82) is 0 Å². The van der Waals surface area contributed by atoms with Crippen molar-refractivity contribution in [2.24, 2.45) is 0 Å². The minimum Gasteiger partial charge on any atom is -0.480 e. The van der Waals surface area contributed by atoms with Gasteiger partial charge in [-0.05, 0) is 24.1 Å². The van der Waals surface area contributed by atoms with Gasteiger partial charge in [-0.25, -0.2) is 13.6 Å². The first-order valence-electron chi connectivity index (χ1n) is 6.35. The van der Waals surface area contributed by atoms with Crippen molar-refractivity contribution < 1.29 is 33.0 Å². The van der Waals surface area contributed by atoms with Crippen molar-refractivity contribution in [2.45, 2.75) is 25.3 Å². The van der Waals surface area contributed by atoms with Gasteiger partial charge in [0.2, 0.25) is 5.91 Å². The van der Waals surface area contributed by atoms with Gasteiger partial charge in [0.05, 0.1) is 13.5 Å². The largest absolute Gasteiger partial charge is 0.480 e. The number of esters is 1. The quantitative estimate of drug-likeness (QED) is 0.733. The maximum Gasteiger partial charge on any atom is 0.326 e. The average Bonchev–Trinajstić information content (AvgIpc) is 2.41. The van der Waals surface area contributed by atoms with E-state index < -0.39 is 35.5 Å². The molecule has 1 amide bonds. The monoisotopic (exact) mass is 315 g/mol. The van der Waals surface area contributed by atoms with Gasteiger partial charge in [0.1, 0.15) is 17.7 Å². The first kappa shape index (κ1) is 17.5. The van der Waals surface area contributed by atoms with Crippen LogP contribution in [-0.4, -0.2) is 36.1 Å². The van der Waals surface area contributed by atoms with Gasteiger partial charge in [0, 0.05) is 12.5 Å². The third-order valence-electron chi connectivity index (χ3n) is 2.79. The van der Waals surface area contributed by atoms with Gasteiger partial charge in [-0.2, -0.15) is 0 Å². The van der Waals surface area contributed by atoms with Crippen molar-refractivity contribution in [3.8, 4) is 0 Å². The SMILES string of the molecule is COC(=O)CC[C@H](NC(=O)Cc1cc(F)cc(F)c1)C(=O)O. The summed E-state index contributed by atoms with van der Waals surface area (Å²) in [5.41, 5.74) is 0.0760. The fraction of sp³-hybridized carbons (Fsp3) is 0.357. The smallest absolute Gasteiger partial charge is 0.326 e. The maximum absolute atomic E-state index is 13.0. The molecule has 0 aliphatic carbocycles. The predicted molar refractivity (Wildman–Crippen MR) is 70.9 cm³/mol. The van der Waals surface area contributed by atoms with E-state index in [9.17, 15) is 23.2 Å². The van der Waals surface area contributed by atoms with Crippen LogP contribution in [0.5, 0.6) is 0 Å². The van der Waals surface area contributed by atoms with Crippen LogP contribution in [0, 0.1) is 11.6 Å². The number of benzene rings is 1. The Balaban J connectivity index is 2.63. The molecule has 0 spiro atoms. The number of amides is 1. The number of rotatable bonds is 7. The lowest BCUT2D eigenvalue weighted by atomic mass is 10.1. The molecule has 2 N–H and O–H groups in total. The highest BCUT2D eigenvalue weighted by molar-refractivity contribution is 5.85. The zero-order valence-corrected chi connectivity index (χ0v) is 11.8. The van der Waals surface area contributed by atoms with Crippen molar-refractivity contribution in [2.75, 3.05) is 7.11 Å². The van der Waals surface area contributed by atoms with E-state index in [1.165, 1.54) is 0 Å². The molecule has 0 fully saturated rings. The number of carboxylic acids is 1. The molecule has 1 atom stereocenters. The van der Waals surface area contributed by atoms with Crippen LogP contribution in [0.1, 0.15) is 18.4 Å². The second kappa shape index (κ2) is 8.06. The fourth-order valence-electron chi connectivity index (χ4n) is 1.77. The zero-order valence-electron chi connectivity index (χ0n) is 11.8. The molecule has 1 aromatic rings. The number of hydrogen-bond donors (Lipinski definition) is 2. The molecule has 22 heavy (non-hydrogen) atoms. The molecule has 0 radical (unpaired) electrons. The van der Waals surface area contributed by atoms with Gasteiger partial charge >= 0.3 is 11.9 Å². The lowest BCUT2D eigenvalue weighted by molar-refractivity contribution is -0.144. The summed E-state index contributed by atoms with van der Waals surface area (Å²) in [5, 5.41) is 11.2. The third-order valence-corrected chi connectivity index (χ3v) is 2.79. The number of hydrogen-bond acceptors (Lipinski definition) is 4. The molecule has 0 saturated heterocycles. The fourth-order valence-corrected chi connectivity index (χ4v) is 1.77. The van der Waals surface area contributed by atoms with Crippen LogP contribution < -0.4 is 5.32 Å². The number of carbonyl (C=O) groups is 3. The Morgan fingerprint density at radius 1 is 1.23 bits per heavy atom. The van der Waals surface area contributed by atoms with Crippen LogP contribution in [0.2, 0.25) is 0 Å². The number of methoxy groups -OCH3 is 1. The Bertz CT molecular complexity index is 556.